The molecule has 132 valence electrons. The van der Waals surface area contributed by atoms with Gasteiger partial charge in [0.15, 0.2) is 17.5 Å². The van der Waals surface area contributed by atoms with Gasteiger partial charge in [-0.15, -0.1) is 0 Å². The lowest BCUT2D eigenvalue weighted by Gasteiger charge is -2.16. The summed E-state index contributed by atoms with van der Waals surface area (Å²) in [5.41, 5.74) is 1.02. The van der Waals surface area contributed by atoms with Crippen LogP contribution in [0.1, 0.15) is 18.4 Å². The number of ether oxygens (including phenoxy) is 3. The van der Waals surface area contributed by atoms with E-state index >= 15 is 0 Å². The fourth-order valence-corrected chi connectivity index (χ4v) is 3.07. The molecule has 1 atom stereocenters. The zero-order valence-corrected chi connectivity index (χ0v) is 14.7. The molecule has 0 radical (unpaired) electrons. The van der Waals surface area contributed by atoms with Crippen LogP contribution < -0.4 is 20.1 Å². The molecule has 0 spiro atoms. The Labute approximate surface area is 147 Å². The van der Waals surface area contributed by atoms with Gasteiger partial charge in [-0.25, -0.2) is 0 Å². The third kappa shape index (κ3) is 4.45. The Bertz CT molecular complexity index is 589. The number of nitrogens with zero attached hydrogens (tertiary/aromatic N) is 1. The fourth-order valence-electron chi connectivity index (χ4n) is 2.78. The Morgan fingerprint density at radius 2 is 2.12 bits per heavy atom. The Morgan fingerprint density at radius 1 is 1.25 bits per heavy atom. The first-order chi connectivity index (χ1) is 11.8. The van der Waals surface area contributed by atoms with Crippen LogP contribution in [0.25, 0.3) is 0 Å². The summed E-state index contributed by atoms with van der Waals surface area (Å²) in [5, 5.41) is 7.22. The minimum absolute atomic E-state index is 0.552. The van der Waals surface area contributed by atoms with Crippen molar-refractivity contribution >= 4 is 17.6 Å². The molecule has 1 unspecified atom stereocenters. The molecule has 7 heteroatoms. The van der Waals surface area contributed by atoms with E-state index in [4.69, 9.17) is 25.8 Å². The maximum absolute atomic E-state index is 6.32. The summed E-state index contributed by atoms with van der Waals surface area (Å²) >= 11 is 6.32. The molecule has 24 heavy (non-hydrogen) atoms. The number of hydrogen-bond donors (Lipinski definition) is 2. The average Bonchev–Trinajstić information content (AvgIpc) is 2.99. The van der Waals surface area contributed by atoms with Crippen LogP contribution in [-0.2, 0) is 11.3 Å². The number of nitrogens with one attached hydrogen (secondary N) is 2. The van der Waals surface area contributed by atoms with Crippen molar-refractivity contribution in [2.45, 2.75) is 19.4 Å². The van der Waals surface area contributed by atoms with Crippen molar-refractivity contribution in [1.29, 1.82) is 0 Å². The second kappa shape index (κ2) is 8.44. The Balaban J connectivity index is 1.56. The van der Waals surface area contributed by atoms with E-state index in [0.717, 1.165) is 44.1 Å². The summed E-state index contributed by atoms with van der Waals surface area (Å²) in [6.45, 7) is 4.42. The topological polar surface area (TPSA) is 64.1 Å². The number of benzene rings is 1. The van der Waals surface area contributed by atoms with Crippen molar-refractivity contribution in [1.82, 2.24) is 10.6 Å². The molecule has 0 bridgehead atoms. The highest BCUT2D eigenvalue weighted by molar-refractivity contribution is 6.32. The summed E-state index contributed by atoms with van der Waals surface area (Å²) in [4.78, 5) is 4.25. The molecule has 0 aromatic heterocycles. The van der Waals surface area contributed by atoms with Crippen LogP contribution in [0.5, 0.6) is 11.5 Å². The number of halogens is 1. The molecule has 2 N–H and O–H groups in total. The zero-order valence-electron chi connectivity index (χ0n) is 13.9. The fraction of sp³-hybridized carbons (Fsp3) is 0.588. The van der Waals surface area contributed by atoms with Gasteiger partial charge in [-0.3, -0.25) is 4.99 Å². The Morgan fingerprint density at radius 3 is 2.92 bits per heavy atom. The van der Waals surface area contributed by atoms with Crippen molar-refractivity contribution in [3.8, 4) is 11.5 Å². The Hall–Kier alpha value is -1.66. The standard InChI is InChI=1S/C17H24ClN3O3/c1-19-17(20-9-12-3-6-22-11-12)21-10-13-7-14(18)16-15(8-13)23-4-2-5-24-16/h7-8,12H,2-6,9-11H2,1H3,(H2,19,20,21). The van der Waals surface area contributed by atoms with Gasteiger partial charge in [0.05, 0.1) is 24.8 Å². The van der Waals surface area contributed by atoms with Gasteiger partial charge in [-0.1, -0.05) is 11.6 Å². The molecule has 2 aliphatic rings. The smallest absolute Gasteiger partial charge is 0.191 e. The lowest BCUT2D eigenvalue weighted by atomic mass is 10.1. The van der Waals surface area contributed by atoms with Gasteiger partial charge >= 0.3 is 0 Å². The summed E-state index contributed by atoms with van der Waals surface area (Å²) < 4.78 is 16.8. The Kier molecular flexibility index (Phi) is 6.04. The van der Waals surface area contributed by atoms with Gasteiger partial charge in [0, 0.05) is 39.1 Å². The van der Waals surface area contributed by atoms with E-state index in [-0.39, 0.29) is 0 Å². The summed E-state index contributed by atoms with van der Waals surface area (Å²) in [6, 6.07) is 3.87. The number of rotatable bonds is 4. The van der Waals surface area contributed by atoms with Gasteiger partial charge in [0.1, 0.15) is 0 Å². The lowest BCUT2D eigenvalue weighted by Crippen LogP contribution is -2.39. The zero-order chi connectivity index (χ0) is 16.8. The molecule has 1 aromatic rings. The quantitative estimate of drug-likeness (QED) is 0.642. The van der Waals surface area contributed by atoms with Crippen molar-refractivity contribution in [2.24, 2.45) is 10.9 Å². The van der Waals surface area contributed by atoms with E-state index in [1.807, 2.05) is 12.1 Å². The van der Waals surface area contributed by atoms with Crippen molar-refractivity contribution in [2.75, 3.05) is 40.0 Å². The molecule has 3 rings (SSSR count). The first-order valence-electron chi connectivity index (χ1n) is 8.36. The molecule has 2 aliphatic heterocycles. The molecule has 1 saturated heterocycles. The third-order valence-corrected chi connectivity index (χ3v) is 4.41. The highest BCUT2D eigenvalue weighted by atomic mass is 35.5. The monoisotopic (exact) mass is 353 g/mol. The maximum atomic E-state index is 6.32. The highest BCUT2D eigenvalue weighted by Gasteiger charge is 2.17. The SMILES string of the molecule is CN=C(NCc1cc(Cl)c2c(c1)OCCCO2)NCC1CCOC1. The molecule has 6 nitrogen and oxygen atoms in total. The van der Waals surface area contributed by atoms with Crippen LogP contribution in [0.4, 0.5) is 0 Å². The van der Waals surface area contributed by atoms with Crippen molar-refractivity contribution < 1.29 is 14.2 Å². The number of hydrogen-bond acceptors (Lipinski definition) is 4. The van der Waals surface area contributed by atoms with Crippen LogP contribution in [0.3, 0.4) is 0 Å². The molecule has 0 amide bonds. The van der Waals surface area contributed by atoms with Gasteiger partial charge < -0.3 is 24.8 Å². The molecule has 2 heterocycles. The summed E-state index contributed by atoms with van der Waals surface area (Å²) in [5.74, 6) is 2.67. The molecule has 0 saturated carbocycles. The molecular formula is C17H24ClN3O3. The van der Waals surface area contributed by atoms with Crippen LogP contribution in [0.15, 0.2) is 17.1 Å². The van der Waals surface area contributed by atoms with Gasteiger partial charge in [0.25, 0.3) is 0 Å². The summed E-state index contributed by atoms with van der Waals surface area (Å²) in [6.07, 6.45) is 1.96. The molecular weight excluding hydrogens is 330 g/mol. The van der Waals surface area contributed by atoms with Gasteiger partial charge in [-0.2, -0.15) is 0 Å². The van der Waals surface area contributed by atoms with Crippen molar-refractivity contribution in [3.63, 3.8) is 0 Å². The summed E-state index contributed by atoms with van der Waals surface area (Å²) in [7, 11) is 1.77. The number of fused-ring (bicyclic) bond motifs is 1. The van der Waals surface area contributed by atoms with E-state index < -0.39 is 0 Å². The second-order valence-electron chi connectivity index (χ2n) is 5.99. The minimum Gasteiger partial charge on any atom is -0.489 e. The molecule has 1 fully saturated rings. The molecule has 0 aliphatic carbocycles. The van der Waals surface area contributed by atoms with Crippen LogP contribution in [0.2, 0.25) is 5.02 Å². The predicted molar refractivity (Wildman–Crippen MR) is 94.2 cm³/mol. The number of guanidine groups is 1. The van der Waals surface area contributed by atoms with E-state index in [9.17, 15) is 0 Å². The van der Waals surface area contributed by atoms with Crippen molar-refractivity contribution in [3.05, 3.63) is 22.7 Å². The van der Waals surface area contributed by atoms with Crippen LogP contribution in [0, 0.1) is 5.92 Å². The third-order valence-electron chi connectivity index (χ3n) is 4.13. The molecule has 1 aromatic carbocycles. The van der Waals surface area contributed by atoms with Gasteiger partial charge in [0.2, 0.25) is 0 Å². The van der Waals surface area contributed by atoms with Gasteiger partial charge in [-0.05, 0) is 24.1 Å². The van der Waals surface area contributed by atoms with E-state index in [1.54, 1.807) is 7.05 Å². The van der Waals surface area contributed by atoms with E-state index in [1.165, 1.54) is 0 Å². The largest absolute Gasteiger partial charge is 0.489 e. The highest BCUT2D eigenvalue weighted by Crippen LogP contribution is 2.37. The minimum atomic E-state index is 0.552. The van der Waals surface area contributed by atoms with E-state index in [2.05, 4.69) is 15.6 Å². The lowest BCUT2D eigenvalue weighted by molar-refractivity contribution is 0.186. The second-order valence-corrected chi connectivity index (χ2v) is 6.40. The predicted octanol–water partition coefficient (Wildman–Crippen LogP) is 2.20. The number of aliphatic imine (C=N–C) groups is 1. The first kappa shape index (κ1) is 17.2. The van der Waals surface area contributed by atoms with E-state index in [0.29, 0.717) is 42.2 Å². The normalized spacial score (nSPS) is 20.6. The first-order valence-corrected chi connectivity index (χ1v) is 8.74. The van der Waals surface area contributed by atoms with Crippen LogP contribution >= 0.6 is 11.6 Å². The van der Waals surface area contributed by atoms with Crippen LogP contribution in [-0.4, -0.2) is 46.0 Å². The average molecular weight is 354 g/mol. The maximum Gasteiger partial charge on any atom is 0.191 e.